The largest absolute Gasteiger partial charge is 0.337 e. The molecule has 31 heavy (non-hydrogen) atoms. The predicted molar refractivity (Wildman–Crippen MR) is 125 cm³/mol. The summed E-state index contributed by atoms with van der Waals surface area (Å²) in [7, 11) is 0. The fraction of sp³-hybridized carbons (Fsp3) is 0.0833. The van der Waals surface area contributed by atoms with Gasteiger partial charge in [0, 0.05) is 38.7 Å². The highest BCUT2D eigenvalue weighted by molar-refractivity contribution is 7.15. The van der Waals surface area contributed by atoms with Gasteiger partial charge in [-0.05, 0) is 49.7 Å². The highest BCUT2D eigenvalue weighted by Gasteiger charge is 2.17. The monoisotopic (exact) mass is 422 g/mol. The number of nitrogens with zero attached hydrogens (tertiary/aromatic N) is 4. The summed E-state index contributed by atoms with van der Waals surface area (Å²) in [6.07, 6.45) is 5.46. The summed E-state index contributed by atoms with van der Waals surface area (Å²) >= 11 is 1.78. The average molecular weight is 423 g/mol. The standard InChI is InChI=1S/C24H18N6S/c1-13-8-9-25-11-17(13)19-10-16-20(12-26-19)29-30-23(16)24-27-18-5-3-4-15(22(18)28-24)21-7-6-14(2)31-21/h3-12H,1-2H3,(H,27,28)(H,29,30). The lowest BCUT2D eigenvalue weighted by Gasteiger charge is -2.04. The van der Waals surface area contributed by atoms with Crippen molar-refractivity contribution >= 4 is 33.3 Å². The van der Waals surface area contributed by atoms with E-state index in [1.165, 1.54) is 9.75 Å². The van der Waals surface area contributed by atoms with Crippen LogP contribution in [0.2, 0.25) is 0 Å². The summed E-state index contributed by atoms with van der Waals surface area (Å²) in [5, 5.41) is 8.61. The summed E-state index contributed by atoms with van der Waals surface area (Å²) in [4.78, 5) is 19.8. The van der Waals surface area contributed by atoms with Crippen molar-refractivity contribution < 1.29 is 0 Å². The van der Waals surface area contributed by atoms with Crippen molar-refractivity contribution in [2.75, 3.05) is 0 Å². The molecule has 0 radical (unpaired) electrons. The molecule has 6 rings (SSSR count). The highest BCUT2D eigenvalue weighted by atomic mass is 32.1. The number of rotatable bonds is 3. The Kier molecular flexibility index (Phi) is 3.97. The van der Waals surface area contributed by atoms with Gasteiger partial charge in [0.2, 0.25) is 0 Å². The van der Waals surface area contributed by atoms with Crippen LogP contribution in [0.15, 0.2) is 61.1 Å². The number of hydrogen-bond donors (Lipinski definition) is 2. The van der Waals surface area contributed by atoms with Crippen LogP contribution < -0.4 is 0 Å². The molecule has 0 saturated heterocycles. The number of H-pyrrole nitrogens is 2. The van der Waals surface area contributed by atoms with Crippen molar-refractivity contribution in [1.82, 2.24) is 30.1 Å². The molecular formula is C24H18N6S. The molecule has 0 aliphatic carbocycles. The Hall–Kier alpha value is -3.84. The molecule has 0 spiro atoms. The number of para-hydroxylation sites is 1. The summed E-state index contributed by atoms with van der Waals surface area (Å²) in [5.41, 5.74) is 7.74. The van der Waals surface area contributed by atoms with Crippen molar-refractivity contribution in [1.29, 1.82) is 0 Å². The normalized spacial score (nSPS) is 11.5. The fourth-order valence-electron chi connectivity index (χ4n) is 3.90. The molecule has 6 nitrogen and oxygen atoms in total. The Morgan fingerprint density at radius 1 is 0.935 bits per heavy atom. The van der Waals surface area contributed by atoms with Gasteiger partial charge in [-0.2, -0.15) is 5.10 Å². The Labute approximate surface area is 182 Å². The average Bonchev–Trinajstić information content (AvgIpc) is 3.50. The fourth-order valence-corrected chi connectivity index (χ4v) is 4.79. The van der Waals surface area contributed by atoms with E-state index in [4.69, 9.17) is 4.98 Å². The quantitative estimate of drug-likeness (QED) is 0.371. The van der Waals surface area contributed by atoms with E-state index in [0.717, 1.165) is 55.8 Å². The first-order chi connectivity index (χ1) is 15.2. The number of aromatic amines is 2. The van der Waals surface area contributed by atoms with Gasteiger partial charge < -0.3 is 4.98 Å². The molecule has 0 saturated carbocycles. The van der Waals surface area contributed by atoms with Crippen molar-refractivity contribution in [2.24, 2.45) is 0 Å². The molecule has 7 heteroatoms. The second-order valence-electron chi connectivity index (χ2n) is 7.58. The number of hydrogen-bond acceptors (Lipinski definition) is 5. The van der Waals surface area contributed by atoms with Gasteiger partial charge in [0.15, 0.2) is 5.82 Å². The van der Waals surface area contributed by atoms with E-state index >= 15 is 0 Å². The lowest BCUT2D eigenvalue weighted by Crippen LogP contribution is -1.88. The number of pyridine rings is 2. The van der Waals surface area contributed by atoms with Crippen molar-refractivity contribution in [3.05, 3.63) is 71.5 Å². The van der Waals surface area contributed by atoms with E-state index < -0.39 is 0 Å². The number of benzene rings is 1. The topological polar surface area (TPSA) is 83.1 Å². The number of fused-ring (bicyclic) bond motifs is 2. The molecule has 0 unspecified atom stereocenters. The van der Waals surface area contributed by atoms with E-state index in [1.54, 1.807) is 17.5 Å². The molecule has 5 heterocycles. The zero-order valence-corrected chi connectivity index (χ0v) is 17.8. The zero-order chi connectivity index (χ0) is 20.9. The van der Waals surface area contributed by atoms with Crippen molar-refractivity contribution in [2.45, 2.75) is 13.8 Å². The van der Waals surface area contributed by atoms with Gasteiger partial charge >= 0.3 is 0 Å². The van der Waals surface area contributed by atoms with Crippen LogP contribution in [0.5, 0.6) is 0 Å². The van der Waals surface area contributed by atoms with Crippen molar-refractivity contribution in [3.63, 3.8) is 0 Å². The third-order valence-electron chi connectivity index (χ3n) is 5.51. The Balaban J connectivity index is 1.52. The summed E-state index contributed by atoms with van der Waals surface area (Å²) < 4.78 is 0. The first kappa shape index (κ1) is 18.0. The minimum atomic E-state index is 0.738. The molecule has 0 aliphatic rings. The van der Waals surface area contributed by atoms with Crippen LogP contribution in [0, 0.1) is 13.8 Å². The molecule has 0 aliphatic heterocycles. The second kappa shape index (κ2) is 6.85. The van der Waals surface area contributed by atoms with Gasteiger partial charge in [0.1, 0.15) is 5.69 Å². The minimum Gasteiger partial charge on any atom is -0.337 e. The molecule has 150 valence electrons. The number of thiophene rings is 1. The number of imidazole rings is 1. The third kappa shape index (κ3) is 2.93. The molecule has 0 fully saturated rings. The maximum atomic E-state index is 4.95. The summed E-state index contributed by atoms with van der Waals surface area (Å²) in [6, 6.07) is 14.6. The SMILES string of the molecule is Cc1ccc(-c2cccc3[nH]c(-c4n[nH]c5cnc(-c6cnccc6C)cc45)nc23)s1. The molecule has 0 atom stereocenters. The lowest BCUT2D eigenvalue weighted by molar-refractivity contribution is 1.10. The minimum absolute atomic E-state index is 0.738. The van der Waals surface area contributed by atoms with Crippen LogP contribution in [0.3, 0.4) is 0 Å². The lowest BCUT2D eigenvalue weighted by atomic mass is 10.1. The molecule has 5 aromatic heterocycles. The van der Waals surface area contributed by atoms with Gasteiger partial charge in [0.05, 0.1) is 28.4 Å². The van der Waals surface area contributed by atoms with Gasteiger partial charge in [0.25, 0.3) is 0 Å². The molecule has 1 aromatic carbocycles. The number of aromatic nitrogens is 6. The molecular weight excluding hydrogens is 404 g/mol. The van der Waals surface area contributed by atoms with Crippen LogP contribution >= 0.6 is 11.3 Å². The predicted octanol–water partition coefficient (Wildman–Crippen LogP) is 5.91. The number of aryl methyl sites for hydroxylation is 2. The van der Waals surface area contributed by atoms with Crippen molar-refractivity contribution in [3.8, 4) is 33.2 Å². The Morgan fingerprint density at radius 3 is 2.71 bits per heavy atom. The van der Waals surface area contributed by atoms with Gasteiger partial charge in [-0.3, -0.25) is 15.1 Å². The molecule has 0 bridgehead atoms. The number of nitrogens with one attached hydrogen (secondary N) is 2. The summed E-state index contributed by atoms with van der Waals surface area (Å²) in [5.74, 6) is 0.738. The van der Waals surface area contributed by atoms with Crippen LogP contribution in [0.1, 0.15) is 10.4 Å². The highest BCUT2D eigenvalue weighted by Crippen LogP contribution is 2.35. The Bertz CT molecular complexity index is 1570. The van der Waals surface area contributed by atoms with Gasteiger partial charge in [-0.25, -0.2) is 4.98 Å². The Morgan fingerprint density at radius 2 is 1.87 bits per heavy atom. The maximum absolute atomic E-state index is 4.95. The van der Waals surface area contributed by atoms with E-state index in [0.29, 0.717) is 0 Å². The molecule has 2 N–H and O–H groups in total. The van der Waals surface area contributed by atoms with E-state index in [2.05, 4.69) is 75.4 Å². The van der Waals surface area contributed by atoms with Crippen LogP contribution in [0.25, 0.3) is 55.2 Å². The van der Waals surface area contributed by atoms with E-state index in [-0.39, 0.29) is 0 Å². The first-order valence-corrected chi connectivity index (χ1v) is 10.8. The van der Waals surface area contributed by atoms with Crippen LogP contribution in [-0.4, -0.2) is 30.1 Å². The molecule has 6 aromatic rings. The van der Waals surface area contributed by atoms with Gasteiger partial charge in [-0.15, -0.1) is 11.3 Å². The van der Waals surface area contributed by atoms with Crippen LogP contribution in [0.4, 0.5) is 0 Å². The van der Waals surface area contributed by atoms with E-state index in [1.807, 2.05) is 18.5 Å². The second-order valence-corrected chi connectivity index (χ2v) is 8.86. The summed E-state index contributed by atoms with van der Waals surface area (Å²) in [6.45, 7) is 4.18. The molecule has 0 amide bonds. The maximum Gasteiger partial charge on any atom is 0.159 e. The van der Waals surface area contributed by atoms with Gasteiger partial charge in [-0.1, -0.05) is 12.1 Å². The van der Waals surface area contributed by atoms with Crippen LogP contribution in [-0.2, 0) is 0 Å². The third-order valence-corrected chi connectivity index (χ3v) is 6.54. The smallest absolute Gasteiger partial charge is 0.159 e. The first-order valence-electron chi connectivity index (χ1n) is 9.98. The zero-order valence-electron chi connectivity index (χ0n) is 17.0. The van der Waals surface area contributed by atoms with E-state index in [9.17, 15) is 0 Å².